The number of fused-ring (bicyclic) bond motifs is 3. The number of nitrogens with zero attached hydrogens (tertiary/aromatic N) is 2. The van der Waals surface area contributed by atoms with Gasteiger partial charge in [0.15, 0.2) is 0 Å². The third kappa shape index (κ3) is 4.05. The van der Waals surface area contributed by atoms with Crippen LogP contribution in [0.4, 0.5) is 5.69 Å². The molecule has 0 unspecified atom stereocenters. The normalized spacial score (nSPS) is 16.2. The summed E-state index contributed by atoms with van der Waals surface area (Å²) in [7, 11) is 1.63. The van der Waals surface area contributed by atoms with Crippen molar-refractivity contribution < 1.29 is 14.3 Å². The van der Waals surface area contributed by atoms with Crippen molar-refractivity contribution in [2.45, 2.75) is 59.0 Å². The number of hydrogen-bond donors (Lipinski definition) is 1. The van der Waals surface area contributed by atoms with Crippen LogP contribution >= 0.6 is 11.3 Å². The first-order valence-electron chi connectivity index (χ1n) is 12.3. The lowest BCUT2D eigenvalue weighted by atomic mass is 9.94. The molecule has 1 N–H and O–H groups in total. The average molecular weight is 492 g/mol. The first kappa shape index (κ1) is 23.7. The number of carbonyl (C=O) groups excluding carboxylic acids is 2. The zero-order chi connectivity index (χ0) is 24.9. The smallest absolute Gasteiger partial charge is 0.270 e. The predicted octanol–water partition coefficient (Wildman–Crippen LogP) is 6.06. The second-order valence-electron chi connectivity index (χ2n) is 10.4. The molecule has 1 fully saturated rings. The summed E-state index contributed by atoms with van der Waals surface area (Å²) in [6.45, 7) is 9.58. The molecule has 4 heterocycles. The fourth-order valence-corrected chi connectivity index (χ4v) is 6.06. The molecule has 1 saturated heterocycles. The molecule has 0 atom stereocenters. The molecule has 0 aliphatic carbocycles. The van der Waals surface area contributed by atoms with Crippen LogP contribution in [-0.4, -0.2) is 40.5 Å². The number of likely N-dealkylation sites (tertiary alicyclic amines) is 1. The zero-order valence-corrected chi connectivity index (χ0v) is 21.9. The lowest BCUT2D eigenvalue weighted by molar-refractivity contribution is -0.118. The van der Waals surface area contributed by atoms with Crippen LogP contribution in [0, 0.1) is 5.92 Å². The van der Waals surface area contributed by atoms with E-state index in [0.29, 0.717) is 11.4 Å². The number of ether oxygens (including phenoxy) is 1. The largest absolute Gasteiger partial charge is 0.495 e. The van der Waals surface area contributed by atoms with Crippen molar-refractivity contribution in [3.63, 3.8) is 0 Å². The maximum absolute atomic E-state index is 13.8. The number of methoxy groups -OCH3 is 1. The van der Waals surface area contributed by atoms with E-state index >= 15 is 0 Å². The van der Waals surface area contributed by atoms with Gasteiger partial charge in [0, 0.05) is 40.6 Å². The monoisotopic (exact) mass is 491 g/mol. The molecule has 0 bridgehead atoms. The van der Waals surface area contributed by atoms with Crippen LogP contribution in [0.3, 0.4) is 0 Å². The van der Waals surface area contributed by atoms with E-state index in [1.165, 1.54) is 0 Å². The summed E-state index contributed by atoms with van der Waals surface area (Å²) in [5.41, 5.74) is 5.56. The lowest BCUT2D eigenvalue weighted by Gasteiger charge is -2.32. The fourth-order valence-electron chi connectivity index (χ4n) is 5.32. The Morgan fingerprint density at radius 3 is 2.57 bits per heavy atom. The van der Waals surface area contributed by atoms with Crippen molar-refractivity contribution in [3.8, 4) is 27.4 Å². The van der Waals surface area contributed by atoms with Gasteiger partial charge in [0.1, 0.15) is 11.4 Å². The minimum atomic E-state index is -0.144. The zero-order valence-electron chi connectivity index (χ0n) is 21.1. The number of aromatic nitrogens is 1. The van der Waals surface area contributed by atoms with Crippen LogP contribution in [0.15, 0.2) is 35.7 Å². The summed E-state index contributed by atoms with van der Waals surface area (Å²) >= 11 is 1.67. The molecule has 5 rings (SSSR count). The van der Waals surface area contributed by atoms with Crippen molar-refractivity contribution in [1.82, 2.24) is 9.47 Å². The number of hydrogen-bond acceptors (Lipinski definition) is 4. The highest BCUT2D eigenvalue weighted by Gasteiger charge is 2.38. The van der Waals surface area contributed by atoms with Crippen molar-refractivity contribution in [3.05, 3.63) is 47.0 Å². The van der Waals surface area contributed by atoms with Crippen LogP contribution in [0.1, 0.15) is 56.6 Å². The van der Waals surface area contributed by atoms with Gasteiger partial charge < -0.3 is 19.5 Å². The minimum absolute atomic E-state index is 0.0555. The van der Waals surface area contributed by atoms with Gasteiger partial charge in [-0.25, -0.2) is 0 Å². The van der Waals surface area contributed by atoms with E-state index in [2.05, 4.69) is 41.2 Å². The van der Waals surface area contributed by atoms with Crippen LogP contribution in [0.25, 0.3) is 21.7 Å². The molecule has 2 amide bonds. The van der Waals surface area contributed by atoms with Gasteiger partial charge in [-0.2, -0.15) is 0 Å². The molecular formula is C28H33N3O3S. The fraction of sp³-hybridized carbons (Fsp3) is 0.429. The highest BCUT2D eigenvalue weighted by Crippen LogP contribution is 2.45. The van der Waals surface area contributed by atoms with Crippen molar-refractivity contribution in [1.29, 1.82) is 0 Å². The molecule has 35 heavy (non-hydrogen) atoms. The molecule has 0 radical (unpaired) electrons. The van der Waals surface area contributed by atoms with E-state index in [1.54, 1.807) is 18.4 Å². The Morgan fingerprint density at radius 2 is 1.94 bits per heavy atom. The maximum atomic E-state index is 13.8. The third-order valence-electron chi connectivity index (χ3n) is 7.32. The molecule has 7 heteroatoms. The quantitative estimate of drug-likeness (QED) is 0.472. The molecule has 0 saturated carbocycles. The minimum Gasteiger partial charge on any atom is -0.495 e. The van der Waals surface area contributed by atoms with E-state index in [-0.39, 0.29) is 23.3 Å². The van der Waals surface area contributed by atoms with E-state index < -0.39 is 0 Å². The lowest BCUT2D eigenvalue weighted by Crippen LogP contribution is -2.43. The maximum Gasteiger partial charge on any atom is 0.270 e. The van der Waals surface area contributed by atoms with Crippen LogP contribution < -0.4 is 10.1 Å². The standard InChI is InChI=1S/C28H33N3O3S/c1-17(2)26(32)29-21-15-19-18(14-23(21)34-5)9-12-30-22(27(33)31-11-7-10-28(31,3)4)16-20(25(19)30)24-8-6-13-35-24/h6,8,13-17H,7,9-12H2,1-5H3,(H,29,32). The number of benzene rings is 1. The van der Waals surface area contributed by atoms with Crippen molar-refractivity contribution in [2.24, 2.45) is 5.92 Å². The molecule has 3 aromatic rings. The van der Waals surface area contributed by atoms with Gasteiger partial charge in [-0.05, 0) is 68.3 Å². The van der Waals surface area contributed by atoms with Crippen molar-refractivity contribution >= 4 is 28.8 Å². The van der Waals surface area contributed by atoms with Gasteiger partial charge in [0.25, 0.3) is 5.91 Å². The summed E-state index contributed by atoms with van der Waals surface area (Å²) in [4.78, 5) is 29.5. The number of rotatable bonds is 5. The van der Waals surface area contributed by atoms with E-state index in [4.69, 9.17) is 4.74 Å². The highest BCUT2D eigenvalue weighted by molar-refractivity contribution is 7.13. The van der Waals surface area contributed by atoms with Gasteiger partial charge in [-0.3, -0.25) is 9.59 Å². The Labute approximate surface area is 210 Å². The van der Waals surface area contributed by atoms with Gasteiger partial charge in [-0.15, -0.1) is 11.3 Å². The van der Waals surface area contributed by atoms with Crippen LogP contribution in [0.2, 0.25) is 0 Å². The average Bonchev–Trinajstić information content (AvgIpc) is 3.56. The molecule has 0 spiro atoms. The Balaban J connectivity index is 1.68. The summed E-state index contributed by atoms with van der Waals surface area (Å²) in [5.74, 6) is 0.557. The number of carbonyl (C=O) groups is 2. The Bertz CT molecular complexity index is 1290. The first-order valence-corrected chi connectivity index (χ1v) is 13.2. The SMILES string of the molecule is COc1cc2c(cc1NC(=O)C(C)C)-c1c(-c3cccs3)cc(C(=O)N3CCCC3(C)C)n1CC2. The second-order valence-corrected chi connectivity index (χ2v) is 11.3. The topological polar surface area (TPSA) is 63.6 Å². The first-order chi connectivity index (χ1) is 16.7. The number of nitrogens with one attached hydrogen (secondary N) is 1. The van der Waals surface area contributed by atoms with E-state index in [0.717, 1.165) is 65.3 Å². The molecule has 2 aliphatic heterocycles. The number of aryl methyl sites for hydroxylation is 1. The Morgan fingerprint density at radius 1 is 1.14 bits per heavy atom. The summed E-state index contributed by atoms with van der Waals surface area (Å²) in [5, 5.41) is 5.10. The van der Waals surface area contributed by atoms with Crippen LogP contribution in [0.5, 0.6) is 5.75 Å². The van der Waals surface area contributed by atoms with Crippen molar-refractivity contribution in [2.75, 3.05) is 19.0 Å². The second kappa shape index (κ2) is 8.86. The molecule has 2 aliphatic rings. The van der Waals surface area contributed by atoms with Gasteiger partial charge >= 0.3 is 0 Å². The Hall–Kier alpha value is -3.06. The highest BCUT2D eigenvalue weighted by atomic mass is 32.1. The van der Waals surface area contributed by atoms with E-state index in [1.807, 2.05) is 36.9 Å². The molecular weight excluding hydrogens is 458 g/mol. The van der Waals surface area contributed by atoms with Gasteiger partial charge in [0.2, 0.25) is 5.91 Å². The number of thiophene rings is 1. The predicted molar refractivity (Wildman–Crippen MR) is 141 cm³/mol. The van der Waals surface area contributed by atoms with E-state index in [9.17, 15) is 9.59 Å². The Kier molecular flexibility index (Phi) is 5.99. The van der Waals surface area contributed by atoms with Gasteiger partial charge in [0.05, 0.1) is 18.5 Å². The molecule has 1 aromatic carbocycles. The molecule has 2 aromatic heterocycles. The number of anilines is 1. The third-order valence-corrected chi connectivity index (χ3v) is 8.22. The summed E-state index contributed by atoms with van der Waals surface area (Å²) < 4.78 is 7.83. The summed E-state index contributed by atoms with van der Waals surface area (Å²) in [6.07, 6.45) is 2.84. The van der Waals surface area contributed by atoms with Crippen LogP contribution in [-0.2, 0) is 17.8 Å². The molecule has 184 valence electrons. The molecule has 6 nitrogen and oxygen atoms in total. The number of amides is 2. The summed E-state index contributed by atoms with van der Waals surface area (Å²) in [6, 6.07) is 10.3. The van der Waals surface area contributed by atoms with Gasteiger partial charge in [-0.1, -0.05) is 19.9 Å².